The number of hydrazone groups is 2. The molecule has 3 aliphatic heterocycles. The van der Waals surface area contributed by atoms with E-state index in [1.165, 1.54) is 11.8 Å². The number of carbonyl (C=O) groups is 1. The van der Waals surface area contributed by atoms with Crippen LogP contribution in [0.4, 0.5) is 11.4 Å². The number of carbonyl (C=O) groups excluding carboxylic acids is 1. The summed E-state index contributed by atoms with van der Waals surface area (Å²) in [5.74, 6) is 0.852. The third-order valence-corrected chi connectivity index (χ3v) is 10.6. The van der Waals surface area contributed by atoms with Gasteiger partial charge in [-0.05, 0) is 48.4 Å². The van der Waals surface area contributed by atoms with Gasteiger partial charge in [0.15, 0.2) is 17.3 Å². The summed E-state index contributed by atoms with van der Waals surface area (Å²) >= 11 is 1.34. The SMILES string of the molecule is COc1cc(C2=C(S/C(=N/Nc3ccccc3)c3ccccc3)C(=O)N3CCCN4C(c5ccccc5)=NN(c5ccccc5)C234)cc(OC)c1OC. The average molecular weight is 723 g/mol. The third kappa shape index (κ3) is 5.83. The molecule has 0 bridgehead atoms. The van der Waals surface area contributed by atoms with E-state index in [0.29, 0.717) is 40.3 Å². The second kappa shape index (κ2) is 14.4. The number of hydrogen-bond donors (Lipinski definition) is 1. The van der Waals surface area contributed by atoms with E-state index in [4.69, 9.17) is 24.4 Å². The molecule has 3 heterocycles. The number of thioether (sulfide) groups is 1. The first-order valence-electron chi connectivity index (χ1n) is 17.3. The van der Waals surface area contributed by atoms with Crippen molar-refractivity contribution >= 4 is 45.5 Å². The summed E-state index contributed by atoms with van der Waals surface area (Å²) in [5.41, 5.74) is 8.15. The predicted molar refractivity (Wildman–Crippen MR) is 211 cm³/mol. The molecule has 53 heavy (non-hydrogen) atoms. The number of amides is 1. The Bertz CT molecular complexity index is 2190. The van der Waals surface area contributed by atoms with Crippen LogP contribution in [-0.4, -0.2) is 66.8 Å². The van der Waals surface area contributed by atoms with Gasteiger partial charge in [-0.25, -0.2) is 5.01 Å². The maximum Gasteiger partial charge on any atom is 0.264 e. The minimum absolute atomic E-state index is 0.128. The average Bonchev–Trinajstić information content (AvgIpc) is 3.70. The Kier molecular flexibility index (Phi) is 9.24. The fraction of sp³-hybridized carbons (Fsp3) is 0.167. The van der Waals surface area contributed by atoms with E-state index in [0.717, 1.165) is 45.9 Å². The highest BCUT2D eigenvalue weighted by atomic mass is 32.2. The molecule has 3 aliphatic rings. The first kappa shape index (κ1) is 33.9. The van der Waals surface area contributed by atoms with Gasteiger partial charge in [-0.15, -0.1) is 5.10 Å². The topological polar surface area (TPSA) is 91.2 Å². The number of rotatable bonds is 10. The quantitative estimate of drug-likeness (QED) is 0.0891. The van der Waals surface area contributed by atoms with Gasteiger partial charge in [-0.2, -0.15) is 5.10 Å². The second-order valence-corrected chi connectivity index (χ2v) is 13.5. The summed E-state index contributed by atoms with van der Waals surface area (Å²) in [4.78, 5) is 20.1. The molecule has 266 valence electrons. The number of para-hydroxylation sites is 2. The van der Waals surface area contributed by atoms with Crippen LogP contribution >= 0.6 is 11.8 Å². The number of methoxy groups -OCH3 is 3. The van der Waals surface area contributed by atoms with Crippen molar-refractivity contribution in [2.75, 3.05) is 44.9 Å². The second-order valence-electron chi connectivity index (χ2n) is 12.5. The maximum absolute atomic E-state index is 15.3. The summed E-state index contributed by atoms with van der Waals surface area (Å²) < 4.78 is 17.6. The van der Waals surface area contributed by atoms with E-state index in [9.17, 15) is 0 Å². The van der Waals surface area contributed by atoms with Crippen molar-refractivity contribution in [3.63, 3.8) is 0 Å². The summed E-state index contributed by atoms with van der Waals surface area (Å²) in [7, 11) is 4.78. The van der Waals surface area contributed by atoms with Crippen molar-refractivity contribution in [2.45, 2.75) is 12.2 Å². The molecule has 0 saturated carbocycles. The van der Waals surface area contributed by atoms with Crippen molar-refractivity contribution in [1.82, 2.24) is 9.80 Å². The normalized spacial score (nSPS) is 18.1. The molecule has 1 saturated heterocycles. The van der Waals surface area contributed by atoms with E-state index in [-0.39, 0.29) is 5.91 Å². The van der Waals surface area contributed by atoms with Crippen LogP contribution in [0.5, 0.6) is 17.2 Å². The van der Waals surface area contributed by atoms with Crippen molar-refractivity contribution in [1.29, 1.82) is 0 Å². The fourth-order valence-electron chi connectivity index (χ4n) is 7.25. The monoisotopic (exact) mass is 722 g/mol. The zero-order valence-corrected chi connectivity index (χ0v) is 30.4. The van der Waals surface area contributed by atoms with E-state index in [1.54, 1.807) is 21.3 Å². The molecule has 10 nitrogen and oxygen atoms in total. The van der Waals surface area contributed by atoms with E-state index in [1.807, 2.05) is 131 Å². The largest absolute Gasteiger partial charge is 0.493 e. The molecule has 1 fully saturated rings. The number of ether oxygens (including phenoxy) is 3. The highest BCUT2D eigenvalue weighted by molar-refractivity contribution is 8.18. The molecule has 11 heteroatoms. The molecule has 1 spiro atoms. The number of nitrogens with one attached hydrogen (secondary N) is 1. The van der Waals surface area contributed by atoms with Gasteiger partial charge >= 0.3 is 0 Å². The van der Waals surface area contributed by atoms with Crippen LogP contribution in [0.25, 0.3) is 5.57 Å². The first-order valence-corrected chi connectivity index (χ1v) is 18.2. The zero-order chi connectivity index (χ0) is 36.4. The van der Waals surface area contributed by atoms with Gasteiger partial charge in [0.1, 0.15) is 5.04 Å². The van der Waals surface area contributed by atoms with Crippen LogP contribution in [0.2, 0.25) is 0 Å². The lowest BCUT2D eigenvalue weighted by molar-refractivity contribution is -0.134. The van der Waals surface area contributed by atoms with Crippen LogP contribution in [-0.2, 0) is 4.79 Å². The summed E-state index contributed by atoms with van der Waals surface area (Å²) in [6, 6.07) is 43.7. The van der Waals surface area contributed by atoms with E-state index < -0.39 is 5.79 Å². The Balaban J connectivity index is 1.42. The number of nitrogens with zero attached hydrogens (tertiary/aromatic N) is 5. The highest BCUT2D eigenvalue weighted by Crippen LogP contribution is 2.56. The van der Waals surface area contributed by atoms with Gasteiger partial charge in [-0.3, -0.25) is 15.1 Å². The fourth-order valence-corrected chi connectivity index (χ4v) is 8.34. The molecule has 0 radical (unpaired) electrons. The number of anilines is 2. The maximum atomic E-state index is 15.3. The molecule has 8 rings (SSSR count). The number of amidine groups is 1. The van der Waals surface area contributed by atoms with Gasteiger partial charge in [0.25, 0.3) is 5.91 Å². The molecule has 1 unspecified atom stereocenters. The molecule has 1 N–H and O–H groups in total. The predicted octanol–water partition coefficient (Wildman–Crippen LogP) is 7.71. The lowest BCUT2D eigenvalue weighted by atomic mass is 9.94. The Morgan fingerprint density at radius 1 is 0.736 bits per heavy atom. The van der Waals surface area contributed by atoms with Crippen molar-refractivity contribution in [3.8, 4) is 17.2 Å². The molecular formula is C42H38N6O4S. The zero-order valence-electron chi connectivity index (χ0n) is 29.6. The third-order valence-electron chi connectivity index (χ3n) is 9.53. The number of benzene rings is 5. The first-order chi connectivity index (χ1) is 26.1. The Labute approximate surface area is 313 Å². The van der Waals surface area contributed by atoms with Gasteiger partial charge < -0.3 is 19.1 Å². The standard InChI is InChI=1S/C42H38N6O4S/c1-50-34-27-31(28-35(51-2)37(34)52-3)36-38(53-40(30-19-10-5-11-20-30)44-43-32-21-12-6-13-22-32)41(49)47-26-16-25-46-39(29-17-8-4-9-18-29)45-48(42(36,46)47)33-23-14-7-15-24-33/h4-15,17-24,27-28,43H,16,25-26H2,1-3H3/b44-40+. The summed E-state index contributed by atoms with van der Waals surface area (Å²) in [6.45, 7) is 1.16. The van der Waals surface area contributed by atoms with Crippen LogP contribution in [0.1, 0.15) is 23.1 Å². The van der Waals surface area contributed by atoms with Gasteiger partial charge in [0, 0.05) is 29.8 Å². The van der Waals surface area contributed by atoms with Crippen LogP contribution in [0.15, 0.2) is 149 Å². The molecular weight excluding hydrogens is 685 g/mol. The Morgan fingerprint density at radius 3 is 1.94 bits per heavy atom. The minimum atomic E-state index is -1.19. The summed E-state index contributed by atoms with van der Waals surface area (Å²) in [6.07, 6.45) is 0.748. The van der Waals surface area contributed by atoms with Crippen LogP contribution in [0.3, 0.4) is 0 Å². The molecule has 1 atom stereocenters. The molecule has 5 aromatic rings. The van der Waals surface area contributed by atoms with Crippen LogP contribution in [0, 0.1) is 0 Å². The van der Waals surface area contributed by atoms with E-state index in [2.05, 4.69) is 22.5 Å². The lowest BCUT2D eigenvalue weighted by Gasteiger charge is -2.51. The van der Waals surface area contributed by atoms with Crippen LogP contribution < -0.4 is 24.6 Å². The van der Waals surface area contributed by atoms with E-state index >= 15 is 4.79 Å². The van der Waals surface area contributed by atoms with Crippen molar-refractivity contribution in [2.24, 2.45) is 10.2 Å². The lowest BCUT2D eigenvalue weighted by Crippen LogP contribution is -2.68. The van der Waals surface area contributed by atoms with Crippen molar-refractivity contribution < 1.29 is 19.0 Å². The smallest absolute Gasteiger partial charge is 0.264 e. The minimum Gasteiger partial charge on any atom is -0.493 e. The Hall–Kier alpha value is -6.20. The molecule has 1 amide bonds. The van der Waals surface area contributed by atoms with Gasteiger partial charge in [-0.1, -0.05) is 109 Å². The highest BCUT2D eigenvalue weighted by Gasteiger charge is 2.65. The summed E-state index contributed by atoms with van der Waals surface area (Å²) in [5, 5.41) is 12.9. The molecule has 5 aromatic carbocycles. The molecule has 0 aromatic heterocycles. The van der Waals surface area contributed by atoms with Crippen molar-refractivity contribution in [3.05, 3.63) is 155 Å². The molecule has 0 aliphatic carbocycles. The van der Waals surface area contributed by atoms with Gasteiger partial charge in [0.2, 0.25) is 11.5 Å². The van der Waals surface area contributed by atoms with Gasteiger partial charge in [0.05, 0.1) is 37.6 Å². The number of hydrogen-bond acceptors (Lipinski definition) is 10. The Morgan fingerprint density at radius 2 is 1.32 bits per heavy atom.